The summed E-state index contributed by atoms with van der Waals surface area (Å²) in [5, 5.41) is 50.0. The molecule has 0 atom stereocenters. The maximum Gasteiger partial charge on any atom is 1.00 e. The second-order valence-electron chi connectivity index (χ2n) is 0. The van der Waals surface area contributed by atoms with Crippen LogP contribution >= 0.6 is 0 Å². The zero-order valence-corrected chi connectivity index (χ0v) is 31.8. The molecule has 0 aromatic carbocycles. The van der Waals surface area contributed by atoms with Crippen LogP contribution in [0.2, 0.25) is 0 Å². The van der Waals surface area contributed by atoms with Crippen LogP contribution in [0.25, 0.3) is 0 Å². The summed E-state index contributed by atoms with van der Waals surface area (Å²) < 4.78 is 0. The van der Waals surface area contributed by atoms with E-state index in [4.69, 9.17) is 94.7 Å². The minimum atomic E-state index is 0. The molecule has 0 aromatic rings. The Hall–Kier alpha value is 2.76. The van der Waals surface area contributed by atoms with Gasteiger partial charge in [-0.1, -0.05) is 0 Å². The van der Waals surface area contributed by atoms with Crippen molar-refractivity contribution in [1.82, 2.24) is 0 Å². The molecule has 0 aliphatic rings. The van der Waals surface area contributed by atoms with Crippen molar-refractivity contribution < 1.29 is 228 Å². The van der Waals surface area contributed by atoms with Crippen LogP contribution in [0.5, 0.6) is 0 Å². The van der Waals surface area contributed by atoms with Crippen molar-refractivity contribution in [2.75, 3.05) is 0 Å². The first kappa shape index (κ1) is 93.1. The molecule has 0 bridgehead atoms. The molecule has 0 N–H and O–H groups in total. The van der Waals surface area contributed by atoms with Gasteiger partial charge in [0.1, 0.15) is 0 Å². The average Bonchev–Trinajstić information content (AvgIpc) is 2.54. The van der Waals surface area contributed by atoms with E-state index < -0.39 is 0 Å². The van der Waals surface area contributed by atoms with Crippen molar-refractivity contribution in [3.8, 4) is 0 Å². The van der Waals surface area contributed by atoms with Gasteiger partial charge in [0.05, 0.1) is 0 Å². The van der Waals surface area contributed by atoms with E-state index in [0.29, 0.717) is 0 Å². The van der Waals surface area contributed by atoms with Crippen LogP contribution in [0.15, 0.2) is 0 Å². The van der Waals surface area contributed by atoms with Crippen molar-refractivity contribution in [2.24, 2.45) is 0 Å². The van der Waals surface area contributed by atoms with Gasteiger partial charge in [-0.3, -0.25) is 0 Å². The summed E-state index contributed by atoms with van der Waals surface area (Å²) in [7, 11) is 0. The van der Waals surface area contributed by atoms with Gasteiger partial charge in [-0.2, -0.15) is 0 Å². The zero-order chi connectivity index (χ0) is 16.0. The Bertz CT molecular complexity index is 144. The van der Waals surface area contributed by atoms with E-state index in [1.54, 1.807) is 0 Å². The Labute approximate surface area is 312 Å². The van der Waals surface area contributed by atoms with E-state index in [-0.39, 0.29) is 228 Å². The molecule has 86 valence electrons. The molecule has 0 radical (unpaired) electrons. The van der Waals surface area contributed by atoms with Gasteiger partial charge in [-0.15, -0.1) is 0 Å². The van der Waals surface area contributed by atoms with Crippen LogP contribution in [-0.2, 0) is 21.1 Å². The molecule has 0 spiro atoms. The Kier molecular flexibility index (Phi) is 5710. The molecule has 0 aromatic heterocycles. The van der Waals surface area contributed by atoms with Crippen molar-refractivity contribution in [1.29, 1.82) is 42.1 Å². The number of hydrogen-bond acceptors (Lipinski definition) is 8. The Morgan fingerprint density at radius 3 is 0.250 bits per heavy atom. The SMILES string of the molecule is [C-]#N.[C-]#N.[C-]#N.[C-]#N.[C-]#N.[C-]#N.[C-]#N.[C-]#N.[Cs+].[Cs+].[Cs+].[Mo]. The Morgan fingerprint density at radius 1 is 0.250 bits per heavy atom. The predicted molar refractivity (Wildman–Crippen MR) is 39.7 cm³/mol. The second-order valence-corrected chi connectivity index (χ2v) is 0. The van der Waals surface area contributed by atoms with Crippen molar-refractivity contribution >= 4 is 0 Å². The van der Waals surface area contributed by atoms with Gasteiger partial charge in [-0.05, 0) is 0 Å². The number of rotatable bonds is 0. The first-order chi connectivity index (χ1) is 8.00. The predicted octanol–water partition coefficient (Wildman–Crippen LogP) is -8.22. The van der Waals surface area contributed by atoms with Gasteiger partial charge in [-0.25, -0.2) is 0 Å². The molecular formula is C8Cs3MoN8-5. The fourth-order valence-electron chi connectivity index (χ4n) is 0. The Morgan fingerprint density at radius 2 is 0.250 bits per heavy atom. The number of hydrogen-bond donors (Lipinski definition) is 0. The van der Waals surface area contributed by atoms with Gasteiger partial charge in [0.25, 0.3) is 0 Å². The van der Waals surface area contributed by atoms with Crippen molar-refractivity contribution in [3.05, 3.63) is 52.6 Å². The summed E-state index contributed by atoms with van der Waals surface area (Å²) in [5.74, 6) is 0. The van der Waals surface area contributed by atoms with E-state index in [1.165, 1.54) is 0 Å². The monoisotopic (exact) mass is 705 g/mol. The van der Waals surface area contributed by atoms with Crippen LogP contribution in [0.1, 0.15) is 0 Å². The summed E-state index contributed by atoms with van der Waals surface area (Å²) in [5.41, 5.74) is 0. The zero-order valence-electron chi connectivity index (χ0n) is 11.0. The van der Waals surface area contributed by atoms with Gasteiger partial charge in [0.2, 0.25) is 0 Å². The number of nitrogens with zero attached hydrogens (tertiary/aromatic N) is 8. The minimum Gasteiger partial charge on any atom is -0.512 e. The van der Waals surface area contributed by atoms with Crippen LogP contribution in [0, 0.1) is 94.7 Å². The minimum absolute atomic E-state index is 0. The maximum absolute atomic E-state index is 6.25. The molecule has 0 aliphatic heterocycles. The molecule has 0 saturated carbocycles. The average molecular weight is 703 g/mol. The Balaban J connectivity index is -0.00000000356. The van der Waals surface area contributed by atoms with E-state index in [0.717, 1.165) is 0 Å². The summed E-state index contributed by atoms with van der Waals surface area (Å²) in [6.45, 7) is 38.0. The fourth-order valence-corrected chi connectivity index (χ4v) is 0. The standard InChI is InChI=1S/8CN.3Cs.Mo/c8*1-2;;;;/q8*-1;3*+1;. The third-order valence-corrected chi connectivity index (χ3v) is 0. The molecule has 0 heterocycles. The van der Waals surface area contributed by atoms with Gasteiger partial charge < -0.3 is 94.7 Å². The summed E-state index contributed by atoms with van der Waals surface area (Å²) in [6.07, 6.45) is 0. The van der Waals surface area contributed by atoms with Gasteiger partial charge >= 0.3 is 207 Å². The molecule has 0 rings (SSSR count). The first-order valence-corrected chi connectivity index (χ1v) is 1.79. The molecule has 0 saturated heterocycles. The topological polar surface area (TPSA) is 190 Å². The third kappa shape index (κ3) is 1060. The van der Waals surface area contributed by atoms with Crippen molar-refractivity contribution in [3.63, 3.8) is 0 Å². The normalized spacial score (nSPS) is 0.800. The third-order valence-electron chi connectivity index (χ3n) is 0. The van der Waals surface area contributed by atoms with Crippen molar-refractivity contribution in [2.45, 2.75) is 0 Å². The second kappa shape index (κ2) is 1230. The molecule has 0 fully saturated rings. The molecule has 0 unspecified atom stereocenters. The van der Waals surface area contributed by atoms with Crippen LogP contribution < -0.4 is 207 Å². The smallest absolute Gasteiger partial charge is 0.512 e. The summed E-state index contributed by atoms with van der Waals surface area (Å²) in [4.78, 5) is 0. The molecule has 12 heteroatoms. The largest absolute Gasteiger partial charge is 1.00 e. The van der Waals surface area contributed by atoms with E-state index in [9.17, 15) is 0 Å². The fraction of sp³-hybridized carbons (Fsp3) is 0. The molecule has 0 aliphatic carbocycles. The van der Waals surface area contributed by atoms with Gasteiger partial charge in [0.15, 0.2) is 0 Å². The molecular weight excluding hydrogens is 703 g/mol. The quantitative estimate of drug-likeness (QED) is 0.176. The molecule has 0 amide bonds. The van der Waals surface area contributed by atoms with E-state index in [1.807, 2.05) is 0 Å². The molecule has 8 nitrogen and oxygen atoms in total. The van der Waals surface area contributed by atoms with E-state index >= 15 is 0 Å². The van der Waals surface area contributed by atoms with Crippen LogP contribution in [0.3, 0.4) is 0 Å². The van der Waals surface area contributed by atoms with Crippen LogP contribution in [-0.4, -0.2) is 0 Å². The summed E-state index contributed by atoms with van der Waals surface area (Å²) >= 11 is 0. The maximum atomic E-state index is 6.25. The molecule has 20 heavy (non-hydrogen) atoms. The first-order valence-electron chi connectivity index (χ1n) is 1.79. The van der Waals surface area contributed by atoms with Crippen LogP contribution in [0.4, 0.5) is 0 Å². The summed E-state index contributed by atoms with van der Waals surface area (Å²) in [6, 6.07) is 0. The van der Waals surface area contributed by atoms with Gasteiger partial charge in [0, 0.05) is 21.1 Å². The van der Waals surface area contributed by atoms with E-state index in [2.05, 4.69) is 0 Å².